The van der Waals surface area contributed by atoms with Crippen molar-refractivity contribution in [3.05, 3.63) is 95.6 Å². The Morgan fingerprint density at radius 1 is 1.03 bits per heavy atom. The molecular formula is C29H31N3O3. The minimum absolute atomic E-state index is 0.0653. The van der Waals surface area contributed by atoms with E-state index in [1.54, 1.807) is 6.26 Å². The number of nitrogens with zero attached hydrogens (tertiary/aromatic N) is 3. The van der Waals surface area contributed by atoms with Crippen LogP contribution in [-0.4, -0.2) is 20.6 Å². The van der Waals surface area contributed by atoms with Crippen LogP contribution in [0.1, 0.15) is 48.3 Å². The van der Waals surface area contributed by atoms with Gasteiger partial charge in [0.1, 0.15) is 11.5 Å². The molecule has 0 unspecified atom stereocenters. The predicted molar refractivity (Wildman–Crippen MR) is 134 cm³/mol. The minimum Gasteiger partial charge on any atom is -0.467 e. The molecule has 1 amide bonds. The molecule has 1 aliphatic rings. The Bertz CT molecular complexity index is 1270. The highest BCUT2D eigenvalue weighted by molar-refractivity contribution is 5.79. The lowest BCUT2D eigenvalue weighted by Crippen LogP contribution is -2.34. The van der Waals surface area contributed by atoms with Crippen molar-refractivity contribution >= 4 is 5.91 Å². The van der Waals surface area contributed by atoms with E-state index in [4.69, 9.17) is 14.3 Å². The molecule has 2 aromatic carbocycles. The molecule has 1 aliphatic carbocycles. The standard InChI is InChI=1S/C29H31N3O3/c1-21-10-8-15-25(18-21)35-29-27(22(2)30-32(29)24-13-4-3-5-14-24)20-31(19-26-16-9-17-34-26)28(33)23-11-6-7-12-23/h3-5,8-10,13-18,23H,6-7,11-12,19-20H2,1-2H3. The molecule has 1 saturated carbocycles. The third kappa shape index (κ3) is 5.16. The maximum absolute atomic E-state index is 13.6. The molecule has 0 bridgehead atoms. The first-order valence-corrected chi connectivity index (χ1v) is 12.3. The molecule has 0 saturated heterocycles. The number of carbonyl (C=O) groups excluding carboxylic acids is 1. The van der Waals surface area contributed by atoms with E-state index >= 15 is 0 Å². The Morgan fingerprint density at radius 2 is 1.83 bits per heavy atom. The molecule has 0 N–H and O–H groups in total. The van der Waals surface area contributed by atoms with Crippen molar-refractivity contribution in [1.82, 2.24) is 14.7 Å². The summed E-state index contributed by atoms with van der Waals surface area (Å²) < 4.78 is 13.9. The molecule has 0 atom stereocenters. The maximum atomic E-state index is 13.6. The van der Waals surface area contributed by atoms with Gasteiger partial charge < -0.3 is 14.1 Å². The van der Waals surface area contributed by atoms with Crippen molar-refractivity contribution in [1.29, 1.82) is 0 Å². The third-order valence-electron chi connectivity index (χ3n) is 6.63. The van der Waals surface area contributed by atoms with E-state index in [1.807, 2.05) is 90.2 Å². The SMILES string of the molecule is Cc1cccc(Oc2c(CN(Cc3ccco3)C(=O)C3CCCC3)c(C)nn2-c2ccccc2)c1. The minimum atomic E-state index is 0.0653. The van der Waals surface area contributed by atoms with Crippen LogP contribution in [0.3, 0.4) is 0 Å². The summed E-state index contributed by atoms with van der Waals surface area (Å²) in [6.07, 6.45) is 5.76. The lowest BCUT2D eigenvalue weighted by molar-refractivity contribution is -0.136. The van der Waals surface area contributed by atoms with Gasteiger partial charge in [0.2, 0.25) is 11.8 Å². The fourth-order valence-corrected chi connectivity index (χ4v) is 4.78. The van der Waals surface area contributed by atoms with E-state index in [9.17, 15) is 4.79 Å². The van der Waals surface area contributed by atoms with E-state index in [2.05, 4.69) is 0 Å². The topological polar surface area (TPSA) is 60.5 Å². The number of carbonyl (C=O) groups is 1. The first kappa shape index (κ1) is 23.0. The van der Waals surface area contributed by atoms with Gasteiger partial charge in [0.05, 0.1) is 36.3 Å². The van der Waals surface area contributed by atoms with Gasteiger partial charge in [-0.15, -0.1) is 0 Å². The zero-order valence-corrected chi connectivity index (χ0v) is 20.3. The van der Waals surface area contributed by atoms with Crippen LogP contribution in [0.15, 0.2) is 77.4 Å². The summed E-state index contributed by atoms with van der Waals surface area (Å²) in [5.41, 5.74) is 3.75. The van der Waals surface area contributed by atoms with Gasteiger partial charge >= 0.3 is 0 Å². The van der Waals surface area contributed by atoms with Crippen LogP contribution in [0.25, 0.3) is 5.69 Å². The van der Waals surface area contributed by atoms with Gasteiger partial charge in [-0.05, 0) is 68.7 Å². The monoisotopic (exact) mass is 469 g/mol. The maximum Gasteiger partial charge on any atom is 0.227 e. The second kappa shape index (κ2) is 10.2. The lowest BCUT2D eigenvalue weighted by atomic mass is 10.1. The van der Waals surface area contributed by atoms with Crippen LogP contribution in [0.2, 0.25) is 0 Å². The first-order chi connectivity index (χ1) is 17.1. The van der Waals surface area contributed by atoms with Gasteiger partial charge in [0.25, 0.3) is 0 Å². The average molecular weight is 470 g/mol. The van der Waals surface area contributed by atoms with Crippen molar-refractivity contribution in [2.45, 2.75) is 52.6 Å². The normalized spacial score (nSPS) is 13.8. The number of ether oxygens (including phenoxy) is 1. The number of benzene rings is 2. The van der Waals surface area contributed by atoms with E-state index in [-0.39, 0.29) is 11.8 Å². The summed E-state index contributed by atoms with van der Waals surface area (Å²) in [7, 11) is 0. The summed E-state index contributed by atoms with van der Waals surface area (Å²) in [6.45, 7) is 4.83. The molecule has 0 aliphatic heterocycles. The number of para-hydroxylation sites is 1. The van der Waals surface area contributed by atoms with Crippen molar-refractivity contribution in [2.75, 3.05) is 0 Å². The molecule has 6 nitrogen and oxygen atoms in total. The summed E-state index contributed by atoms with van der Waals surface area (Å²) >= 11 is 0. The number of hydrogen-bond donors (Lipinski definition) is 0. The van der Waals surface area contributed by atoms with Crippen molar-refractivity contribution in [3.8, 4) is 17.3 Å². The Hall–Kier alpha value is -3.80. The highest BCUT2D eigenvalue weighted by Crippen LogP contribution is 2.34. The molecule has 2 aromatic heterocycles. The smallest absolute Gasteiger partial charge is 0.227 e. The van der Waals surface area contributed by atoms with Crippen LogP contribution in [0.5, 0.6) is 11.6 Å². The van der Waals surface area contributed by atoms with Crippen LogP contribution >= 0.6 is 0 Å². The summed E-state index contributed by atoms with van der Waals surface area (Å²) in [4.78, 5) is 15.5. The fraction of sp³-hybridized carbons (Fsp3) is 0.310. The van der Waals surface area contributed by atoms with Crippen LogP contribution in [-0.2, 0) is 17.9 Å². The summed E-state index contributed by atoms with van der Waals surface area (Å²) in [5, 5.41) is 4.84. The molecule has 180 valence electrons. The zero-order chi connectivity index (χ0) is 24.2. The van der Waals surface area contributed by atoms with Gasteiger partial charge in [0, 0.05) is 5.92 Å². The highest BCUT2D eigenvalue weighted by Gasteiger charge is 2.30. The molecule has 5 rings (SSSR count). The van der Waals surface area contributed by atoms with Gasteiger partial charge in [-0.1, -0.05) is 43.2 Å². The molecule has 35 heavy (non-hydrogen) atoms. The first-order valence-electron chi connectivity index (χ1n) is 12.3. The fourth-order valence-electron chi connectivity index (χ4n) is 4.78. The van der Waals surface area contributed by atoms with E-state index in [0.717, 1.165) is 59.7 Å². The largest absolute Gasteiger partial charge is 0.467 e. The van der Waals surface area contributed by atoms with Gasteiger partial charge in [-0.2, -0.15) is 5.10 Å². The Labute approximate surface area is 206 Å². The molecule has 4 aromatic rings. The molecular weight excluding hydrogens is 438 g/mol. The Kier molecular flexibility index (Phi) is 6.70. The van der Waals surface area contributed by atoms with Crippen molar-refractivity contribution in [2.24, 2.45) is 5.92 Å². The number of rotatable bonds is 8. The Morgan fingerprint density at radius 3 is 2.54 bits per heavy atom. The zero-order valence-electron chi connectivity index (χ0n) is 20.3. The Balaban J connectivity index is 1.54. The predicted octanol–water partition coefficient (Wildman–Crippen LogP) is 6.59. The van der Waals surface area contributed by atoms with Crippen LogP contribution < -0.4 is 4.74 Å². The van der Waals surface area contributed by atoms with Crippen LogP contribution in [0.4, 0.5) is 0 Å². The third-order valence-corrected chi connectivity index (χ3v) is 6.63. The van der Waals surface area contributed by atoms with Gasteiger partial charge in [-0.3, -0.25) is 4.79 Å². The molecule has 0 spiro atoms. The molecule has 0 radical (unpaired) electrons. The van der Waals surface area contributed by atoms with Crippen molar-refractivity contribution < 1.29 is 13.9 Å². The number of aryl methyl sites for hydroxylation is 2. The second-order valence-corrected chi connectivity index (χ2v) is 9.29. The second-order valence-electron chi connectivity index (χ2n) is 9.29. The highest BCUT2D eigenvalue weighted by atomic mass is 16.5. The number of hydrogen-bond acceptors (Lipinski definition) is 4. The average Bonchev–Trinajstić information content (AvgIpc) is 3.63. The van der Waals surface area contributed by atoms with Gasteiger partial charge in [0.15, 0.2) is 0 Å². The molecule has 1 fully saturated rings. The van der Waals surface area contributed by atoms with E-state index in [0.29, 0.717) is 19.0 Å². The quantitative estimate of drug-likeness (QED) is 0.292. The number of amides is 1. The van der Waals surface area contributed by atoms with Crippen LogP contribution in [0, 0.1) is 19.8 Å². The van der Waals surface area contributed by atoms with E-state index < -0.39 is 0 Å². The lowest BCUT2D eigenvalue weighted by Gasteiger charge is -2.25. The molecule has 6 heteroatoms. The number of aromatic nitrogens is 2. The van der Waals surface area contributed by atoms with Gasteiger partial charge in [-0.25, -0.2) is 4.68 Å². The summed E-state index contributed by atoms with van der Waals surface area (Å²) in [6, 6.07) is 21.7. The molecule has 2 heterocycles. The number of furan rings is 1. The summed E-state index contributed by atoms with van der Waals surface area (Å²) in [5.74, 6) is 2.37. The van der Waals surface area contributed by atoms with Crippen molar-refractivity contribution in [3.63, 3.8) is 0 Å². The van der Waals surface area contributed by atoms with E-state index in [1.165, 1.54) is 0 Å².